The summed E-state index contributed by atoms with van der Waals surface area (Å²) in [6.07, 6.45) is 1.52. The van der Waals surface area contributed by atoms with Crippen molar-refractivity contribution in [3.63, 3.8) is 0 Å². The number of nitrogens with zero attached hydrogens (tertiary/aromatic N) is 4. The van der Waals surface area contributed by atoms with Crippen molar-refractivity contribution < 1.29 is 4.74 Å². The van der Waals surface area contributed by atoms with Crippen LogP contribution in [0.3, 0.4) is 0 Å². The van der Waals surface area contributed by atoms with Gasteiger partial charge in [0, 0.05) is 19.1 Å². The van der Waals surface area contributed by atoms with Gasteiger partial charge in [0.25, 0.3) is 0 Å². The number of aromatic nitrogens is 3. The van der Waals surface area contributed by atoms with Gasteiger partial charge in [-0.25, -0.2) is 4.98 Å². The molecule has 0 unspecified atom stereocenters. The van der Waals surface area contributed by atoms with Gasteiger partial charge in [-0.15, -0.1) is 0 Å². The molecule has 1 heterocycles. The van der Waals surface area contributed by atoms with E-state index >= 15 is 0 Å². The first-order chi connectivity index (χ1) is 10.7. The van der Waals surface area contributed by atoms with Crippen molar-refractivity contribution in [2.75, 3.05) is 20.2 Å². The summed E-state index contributed by atoms with van der Waals surface area (Å²) in [5.41, 5.74) is 0. The van der Waals surface area contributed by atoms with E-state index in [9.17, 15) is 0 Å². The molecule has 2 aromatic rings. The van der Waals surface area contributed by atoms with Gasteiger partial charge < -0.3 is 15.4 Å². The lowest BCUT2D eigenvalue weighted by molar-refractivity contribution is 0.322. The number of nitrogens with one attached hydrogen (secondary N) is 2. The van der Waals surface area contributed by atoms with Crippen LogP contribution in [0.5, 0.6) is 5.75 Å². The Kier molecular flexibility index (Phi) is 6.02. The van der Waals surface area contributed by atoms with E-state index in [1.54, 1.807) is 17.8 Å². The van der Waals surface area contributed by atoms with E-state index in [-0.39, 0.29) is 0 Å². The lowest BCUT2D eigenvalue weighted by Gasteiger charge is -2.12. The summed E-state index contributed by atoms with van der Waals surface area (Å²) in [6.45, 7) is 1.67. The highest BCUT2D eigenvalue weighted by Gasteiger charge is 2.02. The number of rotatable bonds is 6. The number of hydrogen-bond acceptors (Lipinski definition) is 4. The first-order valence-electron chi connectivity index (χ1n) is 6.85. The molecule has 118 valence electrons. The van der Waals surface area contributed by atoms with Crippen molar-refractivity contribution in [1.82, 2.24) is 25.4 Å². The highest BCUT2D eigenvalue weighted by atomic mass is 35.5. The minimum absolute atomic E-state index is 0.505. The molecule has 0 aliphatic heterocycles. The molecule has 0 radical (unpaired) electrons. The highest BCUT2D eigenvalue weighted by molar-refractivity contribution is 6.30. The number of ether oxygens (including phenoxy) is 1. The SMILES string of the molecule is CN=C(NCCOc1cccc(Cl)c1)NCc1ncnn1C. The zero-order valence-electron chi connectivity index (χ0n) is 12.6. The molecule has 0 atom stereocenters. The van der Waals surface area contributed by atoms with Gasteiger partial charge in [0.1, 0.15) is 24.5 Å². The Bertz CT molecular complexity index is 627. The Labute approximate surface area is 134 Å². The second kappa shape index (κ2) is 8.23. The van der Waals surface area contributed by atoms with Crippen LogP contribution in [0.2, 0.25) is 5.02 Å². The van der Waals surface area contributed by atoms with Crippen LogP contribution >= 0.6 is 11.6 Å². The molecule has 8 heteroatoms. The number of benzene rings is 1. The summed E-state index contributed by atoms with van der Waals surface area (Å²) in [5, 5.41) is 11.0. The summed E-state index contributed by atoms with van der Waals surface area (Å²) >= 11 is 5.90. The molecule has 0 fully saturated rings. The van der Waals surface area contributed by atoms with Crippen molar-refractivity contribution in [2.45, 2.75) is 6.54 Å². The van der Waals surface area contributed by atoms with Gasteiger partial charge in [-0.05, 0) is 18.2 Å². The van der Waals surface area contributed by atoms with Crippen LogP contribution in [-0.4, -0.2) is 40.9 Å². The largest absolute Gasteiger partial charge is 0.492 e. The fourth-order valence-corrected chi connectivity index (χ4v) is 1.94. The third-order valence-electron chi connectivity index (χ3n) is 2.90. The summed E-state index contributed by atoms with van der Waals surface area (Å²) in [7, 11) is 3.56. The molecule has 0 aliphatic carbocycles. The van der Waals surface area contributed by atoms with Gasteiger partial charge in [-0.3, -0.25) is 9.67 Å². The zero-order valence-corrected chi connectivity index (χ0v) is 13.3. The van der Waals surface area contributed by atoms with E-state index < -0.39 is 0 Å². The van der Waals surface area contributed by atoms with Gasteiger partial charge in [-0.2, -0.15) is 5.10 Å². The van der Waals surface area contributed by atoms with Gasteiger partial charge in [-0.1, -0.05) is 17.7 Å². The Hall–Kier alpha value is -2.28. The summed E-state index contributed by atoms with van der Waals surface area (Å²) in [5.74, 6) is 2.26. The number of halogens is 1. The molecule has 2 N–H and O–H groups in total. The summed E-state index contributed by atoms with van der Waals surface area (Å²) in [4.78, 5) is 8.27. The lowest BCUT2D eigenvalue weighted by Crippen LogP contribution is -2.39. The number of guanidine groups is 1. The molecule has 2 rings (SSSR count). The minimum Gasteiger partial charge on any atom is -0.492 e. The van der Waals surface area contributed by atoms with Crippen LogP contribution in [0.1, 0.15) is 5.82 Å². The van der Waals surface area contributed by atoms with Gasteiger partial charge in [0.15, 0.2) is 5.96 Å². The average Bonchev–Trinajstić information content (AvgIpc) is 2.92. The van der Waals surface area contributed by atoms with E-state index in [4.69, 9.17) is 16.3 Å². The summed E-state index contributed by atoms with van der Waals surface area (Å²) < 4.78 is 7.31. The molecule has 0 aliphatic rings. The molecular formula is C14H19ClN6O. The minimum atomic E-state index is 0.505. The number of aliphatic imine (C=N–C) groups is 1. The Morgan fingerprint density at radius 1 is 1.41 bits per heavy atom. The van der Waals surface area contributed by atoms with E-state index in [2.05, 4.69) is 25.7 Å². The molecule has 0 spiro atoms. The number of hydrogen-bond donors (Lipinski definition) is 2. The third kappa shape index (κ3) is 4.92. The molecular weight excluding hydrogens is 304 g/mol. The zero-order chi connectivity index (χ0) is 15.8. The van der Waals surface area contributed by atoms with Crippen LogP contribution in [-0.2, 0) is 13.6 Å². The molecule has 7 nitrogen and oxygen atoms in total. The maximum atomic E-state index is 5.90. The molecule has 0 saturated carbocycles. The molecule has 22 heavy (non-hydrogen) atoms. The second-order valence-corrected chi connectivity index (χ2v) is 4.89. The van der Waals surface area contributed by atoms with Crippen molar-refractivity contribution >= 4 is 17.6 Å². The van der Waals surface area contributed by atoms with Crippen LogP contribution in [0, 0.1) is 0 Å². The van der Waals surface area contributed by atoms with Crippen molar-refractivity contribution in [3.8, 4) is 5.75 Å². The molecule has 1 aromatic heterocycles. The molecule has 1 aromatic carbocycles. The predicted octanol–water partition coefficient (Wildman–Crippen LogP) is 1.21. The fraction of sp³-hybridized carbons (Fsp3) is 0.357. The van der Waals surface area contributed by atoms with E-state index in [0.29, 0.717) is 30.7 Å². The fourth-order valence-electron chi connectivity index (χ4n) is 1.76. The Morgan fingerprint density at radius 2 is 2.27 bits per heavy atom. The van der Waals surface area contributed by atoms with E-state index in [1.807, 2.05) is 25.2 Å². The maximum absolute atomic E-state index is 5.90. The quantitative estimate of drug-likeness (QED) is 0.475. The normalized spacial score (nSPS) is 11.3. The first-order valence-corrected chi connectivity index (χ1v) is 7.22. The predicted molar refractivity (Wildman–Crippen MR) is 86.2 cm³/mol. The topological polar surface area (TPSA) is 76.4 Å². The van der Waals surface area contributed by atoms with Crippen LogP contribution < -0.4 is 15.4 Å². The monoisotopic (exact) mass is 322 g/mol. The average molecular weight is 323 g/mol. The molecule has 0 amide bonds. The van der Waals surface area contributed by atoms with E-state index in [0.717, 1.165) is 11.6 Å². The summed E-state index contributed by atoms with van der Waals surface area (Å²) in [6, 6.07) is 7.31. The van der Waals surface area contributed by atoms with Gasteiger partial charge in [0.2, 0.25) is 0 Å². The van der Waals surface area contributed by atoms with Crippen LogP contribution in [0.4, 0.5) is 0 Å². The molecule has 0 bridgehead atoms. The van der Waals surface area contributed by atoms with Crippen molar-refractivity contribution in [2.24, 2.45) is 12.0 Å². The van der Waals surface area contributed by atoms with Crippen molar-refractivity contribution in [3.05, 3.63) is 41.4 Å². The van der Waals surface area contributed by atoms with Crippen LogP contribution in [0.15, 0.2) is 35.6 Å². The lowest BCUT2D eigenvalue weighted by atomic mass is 10.3. The Balaban J connectivity index is 1.69. The smallest absolute Gasteiger partial charge is 0.191 e. The number of aryl methyl sites for hydroxylation is 1. The van der Waals surface area contributed by atoms with Crippen molar-refractivity contribution in [1.29, 1.82) is 0 Å². The standard InChI is InChI=1S/C14H19ClN6O/c1-16-14(18-9-13-19-10-20-21(13)2)17-6-7-22-12-5-3-4-11(15)8-12/h3-5,8,10H,6-7,9H2,1-2H3,(H2,16,17,18). The second-order valence-electron chi connectivity index (χ2n) is 4.46. The van der Waals surface area contributed by atoms with Gasteiger partial charge in [0.05, 0.1) is 13.1 Å². The Morgan fingerprint density at radius 3 is 2.95 bits per heavy atom. The first kappa shape index (κ1) is 16.1. The van der Waals surface area contributed by atoms with Gasteiger partial charge >= 0.3 is 0 Å². The van der Waals surface area contributed by atoms with E-state index in [1.165, 1.54) is 6.33 Å². The maximum Gasteiger partial charge on any atom is 0.191 e. The van der Waals surface area contributed by atoms with Crippen LogP contribution in [0.25, 0.3) is 0 Å². The molecule has 0 saturated heterocycles. The highest BCUT2D eigenvalue weighted by Crippen LogP contribution is 2.16. The third-order valence-corrected chi connectivity index (χ3v) is 3.14.